The van der Waals surface area contributed by atoms with Crippen molar-refractivity contribution in [3.05, 3.63) is 52.1 Å². The summed E-state index contributed by atoms with van der Waals surface area (Å²) in [6, 6.07) is 1.01. The van der Waals surface area contributed by atoms with Crippen molar-refractivity contribution in [2.45, 2.75) is 0 Å². The number of amides is 1. The molecule has 1 aromatic carbocycles. The van der Waals surface area contributed by atoms with Gasteiger partial charge in [0.2, 0.25) is 5.82 Å². The van der Waals surface area contributed by atoms with E-state index < -0.39 is 33.7 Å². The molecule has 1 aromatic rings. The quantitative estimate of drug-likeness (QED) is 0.497. The molecular weight excluding hydrogens is 234 g/mol. The van der Waals surface area contributed by atoms with E-state index in [-0.39, 0.29) is 6.54 Å². The SMILES string of the molecule is C=CCNC(=O)c1cc(F)cc([N+](=O)[O-])c1F. The maximum atomic E-state index is 13.5. The first kappa shape index (κ1) is 12.8. The Bertz CT molecular complexity index is 489. The van der Waals surface area contributed by atoms with Crippen molar-refractivity contribution in [3.63, 3.8) is 0 Å². The minimum absolute atomic E-state index is 0.0442. The third-order valence-electron chi connectivity index (χ3n) is 1.87. The van der Waals surface area contributed by atoms with Gasteiger partial charge in [0.25, 0.3) is 5.91 Å². The second kappa shape index (κ2) is 5.15. The average Bonchev–Trinajstić information content (AvgIpc) is 2.28. The lowest BCUT2D eigenvalue weighted by atomic mass is 10.1. The zero-order valence-corrected chi connectivity index (χ0v) is 8.57. The normalized spacial score (nSPS) is 9.76. The van der Waals surface area contributed by atoms with Gasteiger partial charge in [-0.05, 0) is 6.07 Å². The summed E-state index contributed by atoms with van der Waals surface area (Å²) in [6.45, 7) is 3.37. The Kier molecular flexibility index (Phi) is 3.86. The lowest BCUT2D eigenvalue weighted by Gasteiger charge is -2.04. The molecule has 0 saturated heterocycles. The lowest BCUT2D eigenvalue weighted by Crippen LogP contribution is -2.24. The topological polar surface area (TPSA) is 72.2 Å². The van der Waals surface area contributed by atoms with Crippen LogP contribution < -0.4 is 5.32 Å². The molecule has 7 heteroatoms. The molecule has 0 atom stereocenters. The smallest absolute Gasteiger partial charge is 0.308 e. The molecular formula is C10H8F2N2O3. The van der Waals surface area contributed by atoms with Gasteiger partial charge in [-0.2, -0.15) is 4.39 Å². The van der Waals surface area contributed by atoms with Gasteiger partial charge in [0.1, 0.15) is 5.82 Å². The fourth-order valence-electron chi connectivity index (χ4n) is 1.13. The second-order valence-electron chi connectivity index (χ2n) is 3.04. The highest BCUT2D eigenvalue weighted by molar-refractivity contribution is 5.95. The number of nitro benzene ring substituents is 1. The molecule has 90 valence electrons. The van der Waals surface area contributed by atoms with Crippen molar-refractivity contribution in [2.75, 3.05) is 6.54 Å². The molecule has 0 spiro atoms. The Balaban J connectivity index is 3.19. The summed E-state index contributed by atoms with van der Waals surface area (Å²) >= 11 is 0. The van der Waals surface area contributed by atoms with Crippen LogP contribution in [0, 0.1) is 21.7 Å². The van der Waals surface area contributed by atoms with Gasteiger partial charge in [-0.25, -0.2) is 4.39 Å². The number of halogens is 2. The number of nitrogens with zero attached hydrogens (tertiary/aromatic N) is 1. The summed E-state index contributed by atoms with van der Waals surface area (Å²) < 4.78 is 26.5. The van der Waals surface area contributed by atoms with Gasteiger partial charge in [0, 0.05) is 6.54 Å². The van der Waals surface area contributed by atoms with Crippen molar-refractivity contribution in [3.8, 4) is 0 Å². The predicted octanol–water partition coefficient (Wildman–Crippen LogP) is 1.79. The molecule has 0 unspecified atom stereocenters. The number of rotatable bonds is 4. The fraction of sp³-hybridized carbons (Fsp3) is 0.100. The standard InChI is InChI=1S/C10H8F2N2O3/c1-2-3-13-10(15)7-4-6(11)5-8(9(7)12)14(16)17/h2,4-5H,1,3H2,(H,13,15). The molecule has 0 aliphatic rings. The third-order valence-corrected chi connectivity index (χ3v) is 1.87. The van der Waals surface area contributed by atoms with Crippen molar-refractivity contribution < 1.29 is 18.5 Å². The van der Waals surface area contributed by atoms with Crippen LogP contribution in [0.4, 0.5) is 14.5 Å². The number of hydrogen-bond acceptors (Lipinski definition) is 3. The third kappa shape index (κ3) is 2.83. The summed E-state index contributed by atoms with van der Waals surface area (Å²) in [7, 11) is 0. The van der Waals surface area contributed by atoms with Gasteiger partial charge in [-0.3, -0.25) is 14.9 Å². The number of carbonyl (C=O) groups is 1. The van der Waals surface area contributed by atoms with Gasteiger partial charge in [-0.15, -0.1) is 6.58 Å². The Labute approximate surface area is 94.9 Å². The van der Waals surface area contributed by atoms with E-state index in [1.165, 1.54) is 6.08 Å². The molecule has 0 aromatic heterocycles. The van der Waals surface area contributed by atoms with Crippen LogP contribution in [0.2, 0.25) is 0 Å². The van der Waals surface area contributed by atoms with Gasteiger partial charge >= 0.3 is 5.69 Å². The Morgan fingerprint density at radius 1 is 1.53 bits per heavy atom. The van der Waals surface area contributed by atoms with Crippen LogP contribution in [0.5, 0.6) is 0 Å². The van der Waals surface area contributed by atoms with Crippen LogP contribution in [-0.4, -0.2) is 17.4 Å². The van der Waals surface area contributed by atoms with Crippen LogP contribution in [0.25, 0.3) is 0 Å². The molecule has 0 aliphatic heterocycles. The maximum absolute atomic E-state index is 13.5. The summed E-state index contributed by atoms with van der Waals surface area (Å²) in [5, 5.41) is 12.6. The molecule has 17 heavy (non-hydrogen) atoms. The first-order valence-corrected chi connectivity index (χ1v) is 4.50. The van der Waals surface area contributed by atoms with Crippen LogP contribution in [0.3, 0.4) is 0 Å². The van der Waals surface area contributed by atoms with Crippen molar-refractivity contribution >= 4 is 11.6 Å². The molecule has 0 saturated carbocycles. The monoisotopic (exact) mass is 242 g/mol. The summed E-state index contributed by atoms with van der Waals surface area (Å²) in [4.78, 5) is 20.7. The van der Waals surface area contributed by atoms with E-state index in [1.54, 1.807) is 0 Å². The molecule has 1 amide bonds. The molecule has 0 fully saturated rings. The Morgan fingerprint density at radius 2 is 2.18 bits per heavy atom. The number of benzene rings is 1. The van der Waals surface area contributed by atoms with Crippen LogP contribution in [-0.2, 0) is 0 Å². The highest BCUT2D eigenvalue weighted by atomic mass is 19.1. The lowest BCUT2D eigenvalue weighted by molar-refractivity contribution is -0.387. The van der Waals surface area contributed by atoms with Crippen molar-refractivity contribution in [1.29, 1.82) is 0 Å². The van der Waals surface area contributed by atoms with Crippen LogP contribution >= 0.6 is 0 Å². The van der Waals surface area contributed by atoms with E-state index in [2.05, 4.69) is 11.9 Å². The Morgan fingerprint density at radius 3 is 2.71 bits per heavy atom. The van der Waals surface area contributed by atoms with Crippen molar-refractivity contribution in [2.24, 2.45) is 0 Å². The zero-order valence-electron chi connectivity index (χ0n) is 8.57. The number of hydrogen-bond donors (Lipinski definition) is 1. The summed E-state index contributed by atoms with van der Waals surface area (Å²) in [6.07, 6.45) is 1.34. The van der Waals surface area contributed by atoms with E-state index in [0.717, 1.165) is 0 Å². The number of nitrogens with one attached hydrogen (secondary N) is 1. The summed E-state index contributed by atoms with van der Waals surface area (Å²) in [5.41, 5.74) is -1.78. The highest BCUT2D eigenvalue weighted by Gasteiger charge is 2.23. The van der Waals surface area contributed by atoms with E-state index in [0.29, 0.717) is 12.1 Å². The molecule has 0 radical (unpaired) electrons. The van der Waals surface area contributed by atoms with E-state index in [9.17, 15) is 23.7 Å². The molecule has 0 bridgehead atoms. The van der Waals surface area contributed by atoms with Gasteiger partial charge < -0.3 is 5.32 Å². The van der Waals surface area contributed by atoms with Crippen molar-refractivity contribution in [1.82, 2.24) is 5.32 Å². The molecule has 1 N–H and O–H groups in total. The van der Waals surface area contributed by atoms with E-state index >= 15 is 0 Å². The average molecular weight is 242 g/mol. The van der Waals surface area contributed by atoms with Gasteiger partial charge in [-0.1, -0.05) is 6.08 Å². The maximum Gasteiger partial charge on any atom is 0.308 e. The predicted molar refractivity (Wildman–Crippen MR) is 55.5 cm³/mol. The zero-order chi connectivity index (χ0) is 13.0. The first-order valence-electron chi connectivity index (χ1n) is 4.50. The van der Waals surface area contributed by atoms with Crippen LogP contribution in [0.15, 0.2) is 24.8 Å². The van der Waals surface area contributed by atoms with E-state index in [1.807, 2.05) is 0 Å². The molecule has 5 nitrogen and oxygen atoms in total. The minimum Gasteiger partial charge on any atom is -0.348 e. The number of nitro groups is 1. The van der Waals surface area contributed by atoms with Gasteiger partial charge in [0.15, 0.2) is 0 Å². The molecule has 1 rings (SSSR count). The minimum atomic E-state index is -1.36. The second-order valence-corrected chi connectivity index (χ2v) is 3.04. The number of carbonyl (C=O) groups excluding carboxylic acids is 1. The van der Waals surface area contributed by atoms with E-state index in [4.69, 9.17) is 0 Å². The first-order chi connectivity index (χ1) is 7.97. The van der Waals surface area contributed by atoms with Crippen LogP contribution in [0.1, 0.15) is 10.4 Å². The molecule has 0 heterocycles. The van der Waals surface area contributed by atoms with Gasteiger partial charge in [0.05, 0.1) is 16.6 Å². The highest BCUT2D eigenvalue weighted by Crippen LogP contribution is 2.22. The molecule has 0 aliphatic carbocycles. The Hall–Kier alpha value is -2.31. The largest absolute Gasteiger partial charge is 0.348 e. The summed E-state index contributed by atoms with van der Waals surface area (Å²) in [5.74, 6) is -3.36. The fourth-order valence-corrected chi connectivity index (χ4v) is 1.13.